The van der Waals surface area contributed by atoms with Crippen molar-refractivity contribution in [2.24, 2.45) is 5.73 Å². The van der Waals surface area contributed by atoms with Crippen LogP contribution in [0.3, 0.4) is 0 Å². The SMILES string of the molecule is CCc1c(C(N)=O)ccc([C@H]2c3ccc(O)cc3CCN2Cc2cnc(-c3ccccc3)[nH]2)c1CC. The second-order valence-electron chi connectivity index (χ2n) is 9.36. The summed E-state index contributed by atoms with van der Waals surface area (Å²) in [6, 6.07) is 19.8. The lowest BCUT2D eigenvalue weighted by atomic mass is 9.82. The van der Waals surface area contributed by atoms with Crippen LogP contribution < -0.4 is 5.73 Å². The number of aromatic nitrogens is 2. The summed E-state index contributed by atoms with van der Waals surface area (Å²) in [6.07, 6.45) is 4.31. The molecule has 0 spiro atoms. The topological polar surface area (TPSA) is 95.2 Å². The molecule has 0 radical (unpaired) electrons. The van der Waals surface area contributed by atoms with Crippen LogP contribution in [0.2, 0.25) is 0 Å². The van der Waals surface area contributed by atoms with E-state index < -0.39 is 0 Å². The highest BCUT2D eigenvalue weighted by atomic mass is 16.3. The fourth-order valence-electron chi connectivity index (χ4n) is 5.62. The van der Waals surface area contributed by atoms with E-state index in [0.29, 0.717) is 12.1 Å². The molecule has 1 aromatic heterocycles. The molecule has 2 heterocycles. The third-order valence-electron chi connectivity index (χ3n) is 7.24. The van der Waals surface area contributed by atoms with Gasteiger partial charge in [0.1, 0.15) is 11.6 Å². The van der Waals surface area contributed by atoms with Crippen LogP contribution >= 0.6 is 0 Å². The highest BCUT2D eigenvalue weighted by Gasteiger charge is 2.32. The van der Waals surface area contributed by atoms with Gasteiger partial charge in [-0.25, -0.2) is 4.98 Å². The molecule has 0 bridgehead atoms. The van der Waals surface area contributed by atoms with E-state index >= 15 is 0 Å². The van der Waals surface area contributed by atoms with Crippen molar-refractivity contribution in [1.82, 2.24) is 14.9 Å². The number of H-pyrrole nitrogens is 1. The van der Waals surface area contributed by atoms with E-state index in [0.717, 1.165) is 54.0 Å². The molecule has 1 aliphatic rings. The number of rotatable bonds is 7. The van der Waals surface area contributed by atoms with Crippen LogP contribution in [0.25, 0.3) is 11.4 Å². The van der Waals surface area contributed by atoms with Gasteiger partial charge in [0.15, 0.2) is 0 Å². The largest absolute Gasteiger partial charge is 0.508 e. The molecule has 1 aliphatic heterocycles. The summed E-state index contributed by atoms with van der Waals surface area (Å²) < 4.78 is 0. The minimum absolute atomic E-state index is 0.0139. The smallest absolute Gasteiger partial charge is 0.248 e. The van der Waals surface area contributed by atoms with Crippen molar-refractivity contribution >= 4 is 5.91 Å². The molecule has 3 aromatic carbocycles. The summed E-state index contributed by atoms with van der Waals surface area (Å²) in [5.41, 5.74) is 14.2. The van der Waals surface area contributed by atoms with E-state index in [1.165, 1.54) is 16.7 Å². The fraction of sp³-hybridized carbons (Fsp3) is 0.267. The Labute approximate surface area is 211 Å². The third kappa shape index (κ3) is 4.40. The Hall–Kier alpha value is -3.90. The molecule has 1 atom stereocenters. The molecule has 36 heavy (non-hydrogen) atoms. The number of hydrogen-bond acceptors (Lipinski definition) is 4. The van der Waals surface area contributed by atoms with Crippen LogP contribution in [0.4, 0.5) is 0 Å². The van der Waals surface area contributed by atoms with E-state index in [4.69, 9.17) is 5.73 Å². The number of amides is 1. The summed E-state index contributed by atoms with van der Waals surface area (Å²) >= 11 is 0. The zero-order valence-electron chi connectivity index (χ0n) is 20.8. The number of benzene rings is 3. The van der Waals surface area contributed by atoms with Gasteiger partial charge in [-0.3, -0.25) is 9.69 Å². The Morgan fingerprint density at radius 3 is 2.53 bits per heavy atom. The molecule has 4 N–H and O–H groups in total. The molecule has 6 nitrogen and oxygen atoms in total. The van der Waals surface area contributed by atoms with Crippen LogP contribution in [-0.2, 0) is 25.8 Å². The molecule has 1 amide bonds. The van der Waals surface area contributed by atoms with Crippen molar-refractivity contribution in [2.75, 3.05) is 6.54 Å². The van der Waals surface area contributed by atoms with Gasteiger partial charge in [0.25, 0.3) is 0 Å². The lowest BCUT2D eigenvalue weighted by Crippen LogP contribution is -2.36. The van der Waals surface area contributed by atoms with Gasteiger partial charge in [0, 0.05) is 36.1 Å². The Bertz CT molecular complexity index is 1390. The number of phenols is 1. The van der Waals surface area contributed by atoms with E-state index in [2.05, 4.69) is 46.9 Å². The number of primary amides is 1. The number of imidazole rings is 1. The highest BCUT2D eigenvalue weighted by Crippen LogP contribution is 2.40. The number of nitrogens with zero attached hydrogens (tertiary/aromatic N) is 2. The first kappa shape index (κ1) is 23.8. The summed E-state index contributed by atoms with van der Waals surface area (Å²) in [5.74, 6) is 0.763. The quantitative estimate of drug-likeness (QED) is 0.341. The zero-order chi connectivity index (χ0) is 25.2. The van der Waals surface area contributed by atoms with Crippen LogP contribution in [-0.4, -0.2) is 32.4 Å². The second kappa shape index (κ2) is 9.99. The van der Waals surface area contributed by atoms with Gasteiger partial charge in [0.05, 0.1) is 6.04 Å². The lowest BCUT2D eigenvalue weighted by molar-refractivity contribution is 0.0999. The first-order valence-electron chi connectivity index (χ1n) is 12.6. The molecule has 0 saturated carbocycles. The molecule has 184 valence electrons. The molecule has 6 heteroatoms. The number of nitrogens with two attached hydrogens (primary N) is 1. The number of carbonyl (C=O) groups is 1. The summed E-state index contributed by atoms with van der Waals surface area (Å²) in [5, 5.41) is 10.2. The number of nitrogens with one attached hydrogen (secondary N) is 1. The average molecular weight is 481 g/mol. The average Bonchev–Trinajstić information content (AvgIpc) is 3.36. The van der Waals surface area contributed by atoms with Crippen molar-refractivity contribution < 1.29 is 9.90 Å². The van der Waals surface area contributed by atoms with E-state index in [9.17, 15) is 9.90 Å². The van der Waals surface area contributed by atoms with Crippen molar-refractivity contribution in [3.8, 4) is 17.1 Å². The van der Waals surface area contributed by atoms with Gasteiger partial charge in [-0.05, 0) is 65.3 Å². The fourth-order valence-corrected chi connectivity index (χ4v) is 5.62. The van der Waals surface area contributed by atoms with E-state index in [-0.39, 0.29) is 17.7 Å². The third-order valence-corrected chi connectivity index (χ3v) is 7.24. The Morgan fingerprint density at radius 2 is 1.81 bits per heavy atom. The number of hydrogen-bond donors (Lipinski definition) is 3. The van der Waals surface area contributed by atoms with Gasteiger partial charge < -0.3 is 15.8 Å². The molecular formula is C30H32N4O2. The maximum absolute atomic E-state index is 12.2. The van der Waals surface area contributed by atoms with Gasteiger partial charge in [0.2, 0.25) is 5.91 Å². The van der Waals surface area contributed by atoms with Gasteiger partial charge in [-0.1, -0.05) is 56.3 Å². The zero-order valence-corrected chi connectivity index (χ0v) is 20.8. The molecule has 4 aromatic rings. The second-order valence-corrected chi connectivity index (χ2v) is 9.36. The van der Waals surface area contributed by atoms with Crippen LogP contribution in [0.5, 0.6) is 5.75 Å². The monoisotopic (exact) mass is 480 g/mol. The molecule has 5 rings (SSSR count). The molecule has 0 aliphatic carbocycles. The van der Waals surface area contributed by atoms with Crippen molar-refractivity contribution in [2.45, 2.75) is 45.7 Å². The van der Waals surface area contributed by atoms with Gasteiger partial charge in [-0.2, -0.15) is 0 Å². The van der Waals surface area contributed by atoms with Gasteiger partial charge in [-0.15, -0.1) is 0 Å². The Morgan fingerprint density at radius 1 is 1.06 bits per heavy atom. The van der Waals surface area contributed by atoms with Crippen molar-refractivity contribution in [1.29, 1.82) is 0 Å². The molecular weight excluding hydrogens is 448 g/mol. The Kier molecular flexibility index (Phi) is 6.61. The maximum Gasteiger partial charge on any atom is 0.248 e. The standard InChI is InChI=1S/C30H32N4O2/c1-3-23-24(4-2)27(29(31)36)13-12-26(23)28-25-11-10-22(35)16-20(25)14-15-34(28)18-21-17-32-30(33-21)19-8-6-5-7-9-19/h5-13,16-17,28,35H,3-4,14-15,18H2,1-2H3,(H2,31,36)(H,32,33)/t28-/m1/s1. The van der Waals surface area contributed by atoms with Crippen LogP contribution in [0.1, 0.15) is 63.8 Å². The number of fused-ring (bicyclic) bond motifs is 1. The number of carbonyl (C=O) groups excluding carboxylic acids is 1. The summed E-state index contributed by atoms with van der Waals surface area (Å²) in [7, 11) is 0. The number of aromatic amines is 1. The normalized spacial score (nSPS) is 15.6. The minimum Gasteiger partial charge on any atom is -0.508 e. The highest BCUT2D eigenvalue weighted by molar-refractivity contribution is 5.95. The molecule has 0 saturated heterocycles. The summed E-state index contributed by atoms with van der Waals surface area (Å²) in [6.45, 7) is 5.75. The molecule has 0 unspecified atom stereocenters. The minimum atomic E-state index is -0.384. The van der Waals surface area contributed by atoms with E-state index in [1.54, 1.807) is 6.07 Å². The Balaban J connectivity index is 1.58. The predicted molar refractivity (Wildman–Crippen MR) is 142 cm³/mol. The molecule has 0 fully saturated rings. The van der Waals surface area contributed by atoms with Gasteiger partial charge >= 0.3 is 0 Å². The number of aromatic hydroxyl groups is 1. The van der Waals surface area contributed by atoms with E-state index in [1.807, 2.05) is 42.6 Å². The number of phenolic OH excluding ortho intramolecular Hbond substituents is 1. The van der Waals surface area contributed by atoms with Crippen LogP contribution in [0.15, 0.2) is 66.9 Å². The lowest BCUT2D eigenvalue weighted by Gasteiger charge is -2.39. The maximum atomic E-state index is 12.2. The van der Waals surface area contributed by atoms with Crippen molar-refractivity contribution in [3.63, 3.8) is 0 Å². The summed E-state index contributed by atoms with van der Waals surface area (Å²) in [4.78, 5) is 22.8. The first-order chi connectivity index (χ1) is 17.5. The van der Waals surface area contributed by atoms with Crippen LogP contribution in [0, 0.1) is 0 Å². The van der Waals surface area contributed by atoms with Crippen molar-refractivity contribution in [3.05, 3.63) is 106 Å². The predicted octanol–water partition coefficient (Wildman–Crippen LogP) is 5.15. The first-order valence-corrected chi connectivity index (χ1v) is 12.6.